The number of carbonyl (C=O) groups is 2. The first kappa shape index (κ1) is 40.5. The van der Waals surface area contributed by atoms with Gasteiger partial charge in [-0.2, -0.15) is 0 Å². The minimum Gasteiger partial charge on any atom is -0.462 e. The minimum absolute atomic E-state index is 0.104. The number of carbonyl (C=O) groups excluding carboxylic acids is 2. The normalized spacial score (nSPS) is 50.6. The smallest absolute Gasteiger partial charge is 0.311 e. The standard InChI is InChI=1S/C35H61NO13/c1-16-14-35(15-44-35)29(40)19(4)26(37)18(3)21(6)47-32(41)20(5)31(48-25-13-24(43-11)27(38)22(7)46-25)34(8,42)30(16)49-33-28(39)23(36(9)10)12-17(2)45-33/h16-28,30-31,33,37-39,42H,12-15H2,1-11H3/t16-,17+,18-,19?,20+,21+,22-,23-,24-,25-,26-,27-,28+,30-,31?,33-,34-,35+/m0/s1. The van der Waals surface area contributed by atoms with E-state index >= 15 is 0 Å². The van der Waals surface area contributed by atoms with Gasteiger partial charge in [0.2, 0.25) is 0 Å². The maximum absolute atomic E-state index is 13.9. The summed E-state index contributed by atoms with van der Waals surface area (Å²) in [4.78, 5) is 29.7. The summed E-state index contributed by atoms with van der Waals surface area (Å²) in [5.41, 5.74) is -3.22. The van der Waals surface area contributed by atoms with Crippen molar-refractivity contribution in [3.63, 3.8) is 0 Å². The first-order chi connectivity index (χ1) is 22.7. The average Bonchev–Trinajstić information content (AvgIpc) is 3.82. The van der Waals surface area contributed by atoms with Crippen molar-refractivity contribution < 1.29 is 63.2 Å². The maximum Gasteiger partial charge on any atom is 0.311 e. The molecule has 18 atom stereocenters. The number of hydrogen-bond donors (Lipinski definition) is 4. The zero-order chi connectivity index (χ0) is 36.7. The Morgan fingerprint density at radius 2 is 1.47 bits per heavy atom. The SMILES string of the molecule is CO[C@H]1C[C@H](OC2[C@@H](C)C(=O)O[C@H](C)[C@H](C)[C@H](O)C(C)C(=O)[C@]3(CO3)C[C@H](C)[C@H](O[C@@H]3O[C@H](C)C[C@H](N(C)C)[C@H]3O)[C@]2(C)O)O[C@@H](C)[C@@H]1O. The number of ketones is 1. The van der Waals surface area contributed by atoms with Crippen LogP contribution >= 0.6 is 0 Å². The monoisotopic (exact) mass is 703 g/mol. The van der Waals surface area contributed by atoms with Crippen molar-refractivity contribution in [2.75, 3.05) is 27.8 Å². The second kappa shape index (κ2) is 15.7. The number of aliphatic hydroxyl groups is 4. The number of epoxide rings is 1. The van der Waals surface area contributed by atoms with Crippen LogP contribution in [0.15, 0.2) is 0 Å². The molecule has 2 unspecified atom stereocenters. The lowest BCUT2D eigenvalue weighted by Crippen LogP contribution is -2.63. The number of hydrogen-bond acceptors (Lipinski definition) is 14. The molecule has 0 aromatic rings. The van der Waals surface area contributed by atoms with Crippen LogP contribution in [0.5, 0.6) is 0 Å². The van der Waals surface area contributed by atoms with Crippen LogP contribution in [0.3, 0.4) is 0 Å². The molecule has 1 spiro atoms. The Morgan fingerprint density at radius 3 is 2.04 bits per heavy atom. The molecular weight excluding hydrogens is 642 g/mol. The largest absolute Gasteiger partial charge is 0.462 e. The summed E-state index contributed by atoms with van der Waals surface area (Å²) in [6.07, 6.45) is -9.50. The van der Waals surface area contributed by atoms with Crippen LogP contribution in [0.25, 0.3) is 0 Å². The van der Waals surface area contributed by atoms with E-state index in [9.17, 15) is 30.0 Å². The lowest BCUT2D eigenvalue weighted by atomic mass is 9.74. The molecule has 0 aromatic heterocycles. The molecule has 14 nitrogen and oxygen atoms in total. The summed E-state index contributed by atoms with van der Waals surface area (Å²) in [6.45, 7) is 13.5. The highest BCUT2D eigenvalue weighted by atomic mass is 16.7. The highest BCUT2D eigenvalue weighted by Gasteiger charge is 2.59. The highest BCUT2D eigenvalue weighted by molar-refractivity contribution is 5.92. The van der Waals surface area contributed by atoms with Crippen LogP contribution in [0, 0.1) is 23.7 Å². The molecule has 0 saturated carbocycles. The molecule has 0 aromatic carbocycles. The van der Waals surface area contributed by atoms with Crippen molar-refractivity contribution in [1.29, 1.82) is 0 Å². The van der Waals surface area contributed by atoms with Gasteiger partial charge in [0.25, 0.3) is 0 Å². The van der Waals surface area contributed by atoms with Crippen molar-refractivity contribution in [3.05, 3.63) is 0 Å². The fraction of sp³-hybridized carbons (Fsp3) is 0.943. The van der Waals surface area contributed by atoms with Crippen molar-refractivity contribution >= 4 is 11.8 Å². The molecule has 4 fully saturated rings. The second-order valence-electron chi connectivity index (χ2n) is 15.6. The number of nitrogens with zero attached hydrogens (tertiary/aromatic N) is 1. The molecule has 0 amide bonds. The quantitative estimate of drug-likeness (QED) is 0.227. The summed E-state index contributed by atoms with van der Waals surface area (Å²) in [5.74, 6) is -4.18. The average molecular weight is 704 g/mol. The zero-order valence-electron chi connectivity index (χ0n) is 31.0. The first-order valence-corrected chi connectivity index (χ1v) is 17.7. The van der Waals surface area contributed by atoms with E-state index in [1.165, 1.54) is 14.0 Å². The Morgan fingerprint density at radius 1 is 0.837 bits per heavy atom. The molecular formula is C35H61NO13. The van der Waals surface area contributed by atoms with Crippen LogP contribution in [0.4, 0.5) is 0 Å². The second-order valence-corrected chi connectivity index (χ2v) is 15.6. The molecule has 4 saturated heterocycles. The van der Waals surface area contributed by atoms with E-state index in [1.807, 2.05) is 25.9 Å². The third kappa shape index (κ3) is 8.51. The number of cyclic esters (lactones) is 1. The molecule has 14 heteroatoms. The predicted molar refractivity (Wildman–Crippen MR) is 175 cm³/mol. The Labute approximate surface area is 290 Å². The van der Waals surface area contributed by atoms with Gasteiger partial charge in [-0.25, -0.2) is 0 Å². The van der Waals surface area contributed by atoms with Gasteiger partial charge in [0, 0.05) is 31.4 Å². The van der Waals surface area contributed by atoms with E-state index in [4.69, 9.17) is 33.2 Å². The van der Waals surface area contributed by atoms with E-state index in [2.05, 4.69) is 0 Å². The Hall–Kier alpha value is -1.30. The van der Waals surface area contributed by atoms with Crippen LogP contribution < -0.4 is 0 Å². The molecule has 284 valence electrons. The number of aliphatic hydroxyl groups excluding tert-OH is 3. The van der Waals surface area contributed by atoms with E-state index in [1.54, 1.807) is 41.5 Å². The Balaban J connectivity index is 1.80. The third-order valence-corrected chi connectivity index (χ3v) is 11.4. The van der Waals surface area contributed by atoms with Crippen LogP contribution in [0.2, 0.25) is 0 Å². The summed E-state index contributed by atoms with van der Waals surface area (Å²) < 4.78 is 42.4. The number of methoxy groups -OCH3 is 1. The molecule has 4 aliphatic heterocycles. The molecule has 0 bridgehead atoms. The molecule has 49 heavy (non-hydrogen) atoms. The van der Waals surface area contributed by atoms with Gasteiger partial charge in [0.05, 0.1) is 43.0 Å². The number of ether oxygens (including phenoxy) is 7. The summed E-state index contributed by atoms with van der Waals surface area (Å²) in [5, 5.41) is 46.1. The van der Waals surface area contributed by atoms with Gasteiger partial charge < -0.3 is 58.5 Å². The van der Waals surface area contributed by atoms with Gasteiger partial charge in [0.15, 0.2) is 24.0 Å². The number of esters is 1. The number of likely N-dealkylation sites (N-methyl/N-ethyl adjacent to an activating group) is 1. The van der Waals surface area contributed by atoms with Gasteiger partial charge in [-0.1, -0.05) is 20.8 Å². The van der Waals surface area contributed by atoms with E-state index < -0.39 is 102 Å². The van der Waals surface area contributed by atoms with Crippen LogP contribution in [-0.4, -0.2) is 150 Å². The molecule has 4 heterocycles. The third-order valence-electron chi connectivity index (χ3n) is 11.4. The molecule has 4 aliphatic rings. The van der Waals surface area contributed by atoms with Crippen LogP contribution in [0.1, 0.15) is 74.7 Å². The van der Waals surface area contributed by atoms with Gasteiger partial charge in [-0.05, 0) is 67.5 Å². The van der Waals surface area contributed by atoms with Crippen molar-refractivity contribution in [2.45, 2.75) is 159 Å². The lowest BCUT2D eigenvalue weighted by molar-refractivity contribution is -0.325. The Kier molecular flexibility index (Phi) is 13.0. The molecule has 0 radical (unpaired) electrons. The summed E-state index contributed by atoms with van der Waals surface area (Å²) in [7, 11) is 5.18. The number of rotatable bonds is 6. The molecule has 4 N–H and O–H groups in total. The van der Waals surface area contributed by atoms with Gasteiger partial charge in [0.1, 0.15) is 30.0 Å². The van der Waals surface area contributed by atoms with Gasteiger partial charge in [-0.15, -0.1) is 0 Å². The fourth-order valence-electron chi connectivity index (χ4n) is 7.96. The summed E-state index contributed by atoms with van der Waals surface area (Å²) in [6, 6.07) is -0.312. The first-order valence-electron chi connectivity index (χ1n) is 17.7. The van der Waals surface area contributed by atoms with Crippen molar-refractivity contribution in [3.8, 4) is 0 Å². The lowest BCUT2D eigenvalue weighted by Gasteiger charge is -2.49. The number of Topliss-reactive ketones (excluding diaryl/α,β-unsaturated/α-hetero) is 1. The van der Waals surface area contributed by atoms with E-state index in [0.29, 0.717) is 6.42 Å². The predicted octanol–water partition coefficient (Wildman–Crippen LogP) is 1.02. The van der Waals surface area contributed by atoms with Crippen molar-refractivity contribution in [1.82, 2.24) is 4.90 Å². The minimum atomic E-state index is -2.00. The zero-order valence-corrected chi connectivity index (χ0v) is 31.0. The Bertz CT molecular complexity index is 1130. The highest BCUT2D eigenvalue weighted by Crippen LogP contribution is 2.44. The maximum atomic E-state index is 13.9. The summed E-state index contributed by atoms with van der Waals surface area (Å²) >= 11 is 0. The van der Waals surface area contributed by atoms with Gasteiger partial charge in [-0.3, -0.25) is 9.59 Å². The van der Waals surface area contributed by atoms with E-state index in [-0.39, 0.29) is 37.4 Å². The van der Waals surface area contributed by atoms with Crippen molar-refractivity contribution in [2.24, 2.45) is 23.7 Å². The topological polar surface area (TPSA) is 186 Å². The molecule has 4 rings (SSSR count). The fourth-order valence-corrected chi connectivity index (χ4v) is 7.96. The molecule has 0 aliphatic carbocycles. The van der Waals surface area contributed by atoms with E-state index in [0.717, 1.165) is 0 Å². The van der Waals surface area contributed by atoms with Crippen LogP contribution in [-0.2, 0) is 42.7 Å². The van der Waals surface area contributed by atoms with Gasteiger partial charge >= 0.3 is 5.97 Å².